The van der Waals surface area contributed by atoms with Gasteiger partial charge in [-0.3, -0.25) is 4.79 Å². The predicted octanol–water partition coefficient (Wildman–Crippen LogP) is 1.70. The molecule has 0 saturated carbocycles. The minimum Gasteiger partial charge on any atom is -0.508 e. The molecule has 1 atom stereocenters. The van der Waals surface area contributed by atoms with E-state index in [0.717, 1.165) is 0 Å². The Morgan fingerprint density at radius 3 is 2.50 bits per heavy atom. The van der Waals surface area contributed by atoms with Gasteiger partial charge in [0.25, 0.3) is 0 Å². The third-order valence-electron chi connectivity index (χ3n) is 2.02. The molecule has 0 spiro atoms. The second-order valence-corrected chi connectivity index (χ2v) is 3.49. The second kappa shape index (κ2) is 4.77. The van der Waals surface area contributed by atoms with Crippen LogP contribution in [0.2, 0.25) is 0 Å². The van der Waals surface area contributed by atoms with Gasteiger partial charge >= 0.3 is 0 Å². The van der Waals surface area contributed by atoms with Crippen molar-refractivity contribution in [3.63, 3.8) is 0 Å². The normalized spacial score (nSPS) is 12.4. The van der Waals surface area contributed by atoms with Crippen molar-refractivity contribution in [1.82, 2.24) is 0 Å². The van der Waals surface area contributed by atoms with Gasteiger partial charge in [0.2, 0.25) is 0 Å². The molecule has 0 saturated heterocycles. The molecule has 76 valence electrons. The van der Waals surface area contributed by atoms with Crippen LogP contribution < -0.4 is 5.73 Å². The van der Waals surface area contributed by atoms with Crippen LogP contribution in [0.25, 0.3) is 0 Å². The average Bonchev–Trinajstić information content (AvgIpc) is 2.15. The summed E-state index contributed by atoms with van der Waals surface area (Å²) in [6.07, 6.45) is 1.15. The first-order chi connectivity index (χ1) is 6.59. The van der Waals surface area contributed by atoms with E-state index < -0.39 is 0 Å². The number of hydrogen-bond donors (Lipinski definition) is 2. The number of Topliss-reactive ketones (excluding diaryl/α,β-unsaturated/α-hetero) is 1. The maximum atomic E-state index is 11.5. The Balaban J connectivity index is 2.57. The topological polar surface area (TPSA) is 63.3 Å². The number of ketones is 1. The molecule has 0 aliphatic heterocycles. The monoisotopic (exact) mass is 193 g/mol. The second-order valence-electron chi connectivity index (χ2n) is 3.49. The van der Waals surface area contributed by atoms with E-state index in [4.69, 9.17) is 10.8 Å². The van der Waals surface area contributed by atoms with Crippen molar-refractivity contribution < 1.29 is 9.90 Å². The van der Waals surface area contributed by atoms with Crippen LogP contribution in [0.5, 0.6) is 5.75 Å². The Kier molecular flexibility index (Phi) is 3.65. The van der Waals surface area contributed by atoms with Gasteiger partial charge in [-0.05, 0) is 37.6 Å². The zero-order valence-electron chi connectivity index (χ0n) is 8.23. The Morgan fingerprint density at radius 2 is 2.00 bits per heavy atom. The fourth-order valence-corrected chi connectivity index (χ4v) is 1.15. The molecule has 0 aliphatic carbocycles. The summed E-state index contributed by atoms with van der Waals surface area (Å²) in [5.74, 6) is 0.246. The van der Waals surface area contributed by atoms with Gasteiger partial charge < -0.3 is 10.8 Å². The highest BCUT2D eigenvalue weighted by Gasteiger charge is 2.06. The fraction of sp³-hybridized carbons (Fsp3) is 0.364. The van der Waals surface area contributed by atoms with Gasteiger partial charge in [0.15, 0.2) is 5.78 Å². The quantitative estimate of drug-likeness (QED) is 0.715. The number of aromatic hydroxyl groups is 1. The highest BCUT2D eigenvalue weighted by Crippen LogP contribution is 2.12. The van der Waals surface area contributed by atoms with Crippen molar-refractivity contribution in [3.05, 3.63) is 29.8 Å². The van der Waals surface area contributed by atoms with Crippen molar-refractivity contribution in [3.8, 4) is 5.75 Å². The highest BCUT2D eigenvalue weighted by molar-refractivity contribution is 5.96. The fourth-order valence-electron chi connectivity index (χ4n) is 1.15. The van der Waals surface area contributed by atoms with Gasteiger partial charge in [0.05, 0.1) is 0 Å². The number of carbonyl (C=O) groups is 1. The minimum atomic E-state index is 0.0519. The van der Waals surface area contributed by atoms with Crippen LogP contribution in [0.15, 0.2) is 24.3 Å². The van der Waals surface area contributed by atoms with Crippen molar-refractivity contribution in [2.45, 2.75) is 25.8 Å². The van der Waals surface area contributed by atoms with E-state index in [2.05, 4.69) is 0 Å². The van der Waals surface area contributed by atoms with Gasteiger partial charge in [-0.25, -0.2) is 0 Å². The number of nitrogens with two attached hydrogens (primary N) is 1. The van der Waals surface area contributed by atoms with Crippen LogP contribution in [-0.2, 0) is 0 Å². The highest BCUT2D eigenvalue weighted by atomic mass is 16.3. The standard InChI is InChI=1S/C11H15NO2/c1-8(12)2-7-11(14)9-3-5-10(13)6-4-9/h3-6,8,13H,2,7,12H2,1H3. The largest absolute Gasteiger partial charge is 0.508 e. The number of phenols is 1. The van der Waals surface area contributed by atoms with Crippen LogP contribution in [0, 0.1) is 0 Å². The Labute approximate surface area is 83.6 Å². The predicted molar refractivity (Wildman–Crippen MR) is 55.3 cm³/mol. The van der Waals surface area contributed by atoms with Gasteiger partial charge in [-0.2, -0.15) is 0 Å². The van der Waals surface area contributed by atoms with E-state index >= 15 is 0 Å². The summed E-state index contributed by atoms with van der Waals surface area (Å²) < 4.78 is 0. The summed E-state index contributed by atoms with van der Waals surface area (Å²) >= 11 is 0. The lowest BCUT2D eigenvalue weighted by Crippen LogP contribution is -2.16. The summed E-state index contributed by atoms with van der Waals surface area (Å²) in [5.41, 5.74) is 6.18. The van der Waals surface area contributed by atoms with Crippen molar-refractivity contribution >= 4 is 5.78 Å². The van der Waals surface area contributed by atoms with Crippen LogP contribution in [-0.4, -0.2) is 16.9 Å². The molecular formula is C11H15NO2. The molecule has 0 bridgehead atoms. The molecule has 0 aliphatic rings. The van der Waals surface area contributed by atoms with Crippen LogP contribution >= 0.6 is 0 Å². The summed E-state index contributed by atoms with van der Waals surface area (Å²) in [7, 11) is 0. The molecular weight excluding hydrogens is 178 g/mol. The maximum absolute atomic E-state index is 11.5. The number of carbonyl (C=O) groups excluding carboxylic acids is 1. The Hall–Kier alpha value is -1.35. The molecule has 0 heterocycles. The van der Waals surface area contributed by atoms with E-state index in [1.54, 1.807) is 12.1 Å². The first-order valence-corrected chi connectivity index (χ1v) is 4.67. The Morgan fingerprint density at radius 1 is 1.43 bits per heavy atom. The van der Waals surface area contributed by atoms with E-state index in [1.165, 1.54) is 12.1 Å². The number of phenolic OH excluding ortho intramolecular Hbond substituents is 1. The van der Waals surface area contributed by atoms with Crippen LogP contribution in [0.3, 0.4) is 0 Å². The molecule has 3 heteroatoms. The summed E-state index contributed by atoms with van der Waals surface area (Å²) in [4.78, 5) is 11.5. The van der Waals surface area contributed by atoms with Gasteiger partial charge in [0, 0.05) is 18.0 Å². The lowest BCUT2D eigenvalue weighted by atomic mass is 10.0. The molecule has 0 radical (unpaired) electrons. The minimum absolute atomic E-state index is 0.0519. The third kappa shape index (κ3) is 3.18. The van der Waals surface area contributed by atoms with Gasteiger partial charge in [-0.15, -0.1) is 0 Å². The lowest BCUT2D eigenvalue weighted by Gasteiger charge is -2.04. The van der Waals surface area contributed by atoms with Crippen LogP contribution in [0.1, 0.15) is 30.1 Å². The van der Waals surface area contributed by atoms with E-state index in [-0.39, 0.29) is 17.6 Å². The summed E-state index contributed by atoms with van der Waals surface area (Å²) in [5, 5.41) is 9.03. The molecule has 1 aromatic rings. The van der Waals surface area contributed by atoms with Crippen molar-refractivity contribution in [2.75, 3.05) is 0 Å². The SMILES string of the molecule is CC(N)CCC(=O)c1ccc(O)cc1. The molecule has 0 aromatic heterocycles. The first kappa shape index (κ1) is 10.7. The van der Waals surface area contributed by atoms with Gasteiger partial charge in [-0.1, -0.05) is 0 Å². The smallest absolute Gasteiger partial charge is 0.162 e. The van der Waals surface area contributed by atoms with E-state index in [0.29, 0.717) is 18.4 Å². The molecule has 1 rings (SSSR count). The van der Waals surface area contributed by atoms with Crippen molar-refractivity contribution in [1.29, 1.82) is 0 Å². The molecule has 0 fully saturated rings. The molecule has 0 amide bonds. The molecule has 1 unspecified atom stereocenters. The molecule has 14 heavy (non-hydrogen) atoms. The molecule has 3 nitrogen and oxygen atoms in total. The van der Waals surface area contributed by atoms with Gasteiger partial charge in [0.1, 0.15) is 5.75 Å². The Bertz CT molecular complexity index is 304. The zero-order chi connectivity index (χ0) is 10.6. The summed E-state index contributed by atoms with van der Waals surface area (Å²) in [6, 6.07) is 6.33. The third-order valence-corrected chi connectivity index (χ3v) is 2.02. The van der Waals surface area contributed by atoms with Crippen molar-refractivity contribution in [2.24, 2.45) is 5.73 Å². The van der Waals surface area contributed by atoms with E-state index in [1.807, 2.05) is 6.92 Å². The summed E-state index contributed by atoms with van der Waals surface area (Å²) in [6.45, 7) is 1.88. The number of hydrogen-bond acceptors (Lipinski definition) is 3. The van der Waals surface area contributed by atoms with Crippen LogP contribution in [0.4, 0.5) is 0 Å². The molecule has 3 N–H and O–H groups in total. The lowest BCUT2D eigenvalue weighted by molar-refractivity contribution is 0.0978. The maximum Gasteiger partial charge on any atom is 0.162 e. The number of benzene rings is 1. The first-order valence-electron chi connectivity index (χ1n) is 4.67. The average molecular weight is 193 g/mol. The van der Waals surface area contributed by atoms with E-state index in [9.17, 15) is 4.79 Å². The zero-order valence-corrected chi connectivity index (χ0v) is 8.23. The molecule has 1 aromatic carbocycles. The number of rotatable bonds is 4.